The van der Waals surface area contributed by atoms with Gasteiger partial charge < -0.3 is 15.2 Å². The summed E-state index contributed by atoms with van der Waals surface area (Å²) in [4.78, 5) is 11.5. The molecule has 2 N–H and O–H groups in total. The Morgan fingerprint density at radius 2 is 2.08 bits per heavy atom. The summed E-state index contributed by atoms with van der Waals surface area (Å²) in [5, 5.41) is 0. The molecule has 0 aliphatic carbocycles. The quantitative estimate of drug-likeness (QED) is 0.600. The van der Waals surface area contributed by atoms with E-state index in [1.54, 1.807) is 0 Å². The standard InChI is InChI=1S/C9H17NO3/c1-9(2,3)13-8(11)6-4-12-5-7(6)10/h6-7H,4-5,10H2,1-3H3/t6-,7+/m0/s1. The molecule has 1 saturated heterocycles. The Morgan fingerprint density at radius 3 is 2.46 bits per heavy atom. The van der Waals surface area contributed by atoms with Crippen molar-refractivity contribution in [3.63, 3.8) is 0 Å². The maximum absolute atomic E-state index is 11.5. The number of rotatable bonds is 1. The molecule has 1 aliphatic heterocycles. The van der Waals surface area contributed by atoms with Crippen molar-refractivity contribution >= 4 is 5.97 Å². The Labute approximate surface area is 78.4 Å². The molecule has 1 rings (SSSR count). The molecule has 1 aliphatic rings. The van der Waals surface area contributed by atoms with Gasteiger partial charge in [-0.3, -0.25) is 4.79 Å². The van der Waals surface area contributed by atoms with Gasteiger partial charge in [-0.25, -0.2) is 0 Å². The monoisotopic (exact) mass is 187 g/mol. The highest BCUT2D eigenvalue weighted by atomic mass is 16.6. The van der Waals surface area contributed by atoms with Crippen molar-refractivity contribution in [1.29, 1.82) is 0 Å². The van der Waals surface area contributed by atoms with Gasteiger partial charge in [0.15, 0.2) is 0 Å². The average molecular weight is 187 g/mol. The van der Waals surface area contributed by atoms with Gasteiger partial charge in [0.2, 0.25) is 0 Å². The Balaban J connectivity index is 2.48. The lowest BCUT2D eigenvalue weighted by atomic mass is 10.0. The third-order valence-electron chi connectivity index (χ3n) is 1.83. The molecule has 1 fully saturated rings. The van der Waals surface area contributed by atoms with Crippen LogP contribution in [-0.2, 0) is 14.3 Å². The number of hydrogen-bond donors (Lipinski definition) is 1. The number of ether oxygens (including phenoxy) is 2. The Hall–Kier alpha value is -0.610. The van der Waals surface area contributed by atoms with Crippen LogP contribution >= 0.6 is 0 Å². The van der Waals surface area contributed by atoms with Crippen LogP contribution in [-0.4, -0.2) is 30.8 Å². The summed E-state index contributed by atoms with van der Waals surface area (Å²) in [5.74, 6) is -0.545. The van der Waals surface area contributed by atoms with Crippen LogP contribution in [0, 0.1) is 5.92 Å². The summed E-state index contributed by atoms with van der Waals surface area (Å²) in [6, 6.07) is -0.213. The van der Waals surface area contributed by atoms with Gasteiger partial charge in [0.1, 0.15) is 5.60 Å². The van der Waals surface area contributed by atoms with Crippen molar-refractivity contribution in [2.75, 3.05) is 13.2 Å². The fourth-order valence-corrected chi connectivity index (χ4v) is 1.19. The molecule has 0 aromatic rings. The van der Waals surface area contributed by atoms with E-state index in [1.807, 2.05) is 20.8 Å². The minimum Gasteiger partial charge on any atom is -0.460 e. The molecule has 0 amide bonds. The molecule has 0 spiro atoms. The smallest absolute Gasteiger partial charge is 0.313 e. The molecule has 0 radical (unpaired) electrons. The fraction of sp³-hybridized carbons (Fsp3) is 0.889. The third-order valence-corrected chi connectivity index (χ3v) is 1.83. The van der Waals surface area contributed by atoms with E-state index in [1.165, 1.54) is 0 Å². The van der Waals surface area contributed by atoms with Gasteiger partial charge in [0.25, 0.3) is 0 Å². The second-order valence-electron chi connectivity index (χ2n) is 4.34. The van der Waals surface area contributed by atoms with E-state index in [0.29, 0.717) is 13.2 Å². The van der Waals surface area contributed by atoms with Crippen molar-refractivity contribution in [3.05, 3.63) is 0 Å². The van der Waals surface area contributed by atoms with Gasteiger partial charge in [0, 0.05) is 6.04 Å². The number of carbonyl (C=O) groups is 1. The van der Waals surface area contributed by atoms with E-state index in [2.05, 4.69) is 0 Å². The number of esters is 1. The zero-order valence-corrected chi connectivity index (χ0v) is 8.37. The zero-order chi connectivity index (χ0) is 10.1. The number of nitrogens with two attached hydrogens (primary N) is 1. The molecule has 1 heterocycles. The van der Waals surface area contributed by atoms with E-state index < -0.39 is 5.60 Å². The first-order chi connectivity index (χ1) is 5.90. The van der Waals surface area contributed by atoms with Gasteiger partial charge in [-0.15, -0.1) is 0 Å². The molecule has 4 heteroatoms. The summed E-state index contributed by atoms with van der Waals surface area (Å²) in [5.41, 5.74) is 5.23. The molecular formula is C9H17NO3. The predicted octanol–water partition coefficient (Wildman–Crippen LogP) is 0.302. The maximum atomic E-state index is 11.5. The van der Waals surface area contributed by atoms with Crippen molar-refractivity contribution in [3.8, 4) is 0 Å². The summed E-state index contributed by atoms with van der Waals surface area (Å²) < 4.78 is 10.3. The van der Waals surface area contributed by atoms with Crippen LogP contribution in [0.2, 0.25) is 0 Å². The van der Waals surface area contributed by atoms with Crippen LogP contribution in [0.25, 0.3) is 0 Å². The first kappa shape index (κ1) is 10.5. The van der Waals surface area contributed by atoms with Gasteiger partial charge in [0.05, 0.1) is 19.1 Å². The molecule has 0 saturated carbocycles. The molecule has 0 unspecified atom stereocenters. The average Bonchev–Trinajstić information content (AvgIpc) is 2.30. The molecule has 13 heavy (non-hydrogen) atoms. The summed E-state index contributed by atoms with van der Waals surface area (Å²) in [6.45, 7) is 6.35. The minimum atomic E-state index is -0.445. The highest BCUT2D eigenvalue weighted by molar-refractivity contribution is 5.74. The first-order valence-electron chi connectivity index (χ1n) is 4.46. The zero-order valence-electron chi connectivity index (χ0n) is 8.37. The Morgan fingerprint density at radius 1 is 1.46 bits per heavy atom. The van der Waals surface area contributed by atoms with Crippen LogP contribution in [0.3, 0.4) is 0 Å². The molecule has 4 nitrogen and oxygen atoms in total. The topological polar surface area (TPSA) is 61.5 Å². The molecular weight excluding hydrogens is 170 g/mol. The van der Waals surface area contributed by atoms with E-state index >= 15 is 0 Å². The largest absolute Gasteiger partial charge is 0.460 e. The lowest BCUT2D eigenvalue weighted by Gasteiger charge is -2.22. The highest BCUT2D eigenvalue weighted by Crippen LogP contribution is 2.17. The van der Waals surface area contributed by atoms with E-state index in [0.717, 1.165) is 0 Å². The van der Waals surface area contributed by atoms with Crippen molar-refractivity contribution < 1.29 is 14.3 Å². The SMILES string of the molecule is CC(C)(C)OC(=O)[C@H]1COC[C@H]1N. The second kappa shape index (κ2) is 3.64. The van der Waals surface area contributed by atoms with Gasteiger partial charge >= 0.3 is 5.97 Å². The van der Waals surface area contributed by atoms with Crippen molar-refractivity contribution in [1.82, 2.24) is 0 Å². The second-order valence-corrected chi connectivity index (χ2v) is 4.34. The Bertz CT molecular complexity index is 198. The highest BCUT2D eigenvalue weighted by Gasteiger charge is 2.34. The van der Waals surface area contributed by atoms with E-state index in [9.17, 15) is 4.79 Å². The molecule has 0 bridgehead atoms. The maximum Gasteiger partial charge on any atom is 0.313 e. The van der Waals surface area contributed by atoms with Crippen LogP contribution < -0.4 is 5.73 Å². The summed E-state index contributed by atoms with van der Waals surface area (Å²) in [6.07, 6.45) is 0. The molecule has 76 valence electrons. The van der Waals surface area contributed by atoms with Crippen LogP contribution in [0.4, 0.5) is 0 Å². The molecule has 2 atom stereocenters. The number of hydrogen-bond acceptors (Lipinski definition) is 4. The lowest BCUT2D eigenvalue weighted by Crippen LogP contribution is -2.38. The molecule has 0 aromatic heterocycles. The molecule has 0 aromatic carbocycles. The van der Waals surface area contributed by atoms with Gasteiger partial charge in [-0.05, 0) is 20.8 Å². The van der Waals surface area contributed by atoms with E-state index in [4.69, 9.17) is 15.2 Å². The predicted molar refractivity (Wildman–Crippen MR) is 48.1 cm³/mol. The van der Waals surface area contributed by atoms with Gasteiger partial charge in [-0.1, -0.05) is 0 Å². The summed E-state index contributed by atoms with van der Waals surface area (Å²) in [7, 11) is 0. The van der Waals surface area contributed by atoms with Gasteiger partial charge in [-0.2, -0.15) is 0 Å². The summed E-state index contributed by atoms with van der Waals surface area (Å²) >= 11 is 0. The first-order valence-corrected chi connectivity index (χ1v) is 4.46. The van der Waals surface area contributed by atoms with Crippen molar-refractivity contribution in [2.45, 2.75) is 32.4 Å². The van der Waals surface area contributed by atoms with Crippen LogP contribution in [0.1, 0.15) is 20.8 Å². The fourth-order valence-electron chi connectivity index (χ4n) is 1.19. The third kappa shape index (κ3) is 2.97. The minimum absolute atomic E-state index is 0.213. The normalized spacial score (nSPS) is 28.9. The van der Waals surface area contributed by atoms with Crippen LogP contribution in [0.5, 0.6) is 0 Å². The lowest BCUT2D eigenvalue weighted by molar-refractivity contribution is -0.160. The van der Waals surface area contributed by atoms with E-state index in [-0.39, 0.29) is 17.9 Å². The Kier molecular flexibility index (Phi) is 2.93. The number of carbonyl (C=O) groups excluding carboxylic acids is 1. The van der Waals surface area contributed by atoms with Crippen molar-refractivity contribution in [2.24, 2.45) is 11.7 Å². The van der Waals surface area contributed by atoms with Crippen LogP contribution in [0.15, 0.2) is 0 Å².